The molecule has 3 atom stereocenters. The molecule has 4 rings (SSSR count). The second-order valence-corrected chi connectivity index (χ2v) is 5.67. The molecule has 2 heterocycles. The molecule has 6 nitrogen and oxygen atoms in total. The number of nitriles is 1. The number of pyridine rings is 1. The molecule has 1 aromatic heterocycles. The van der Waals surface area contributed by atoms with Crippen LogP contribution in [-0.2, 0) is 11.3 Å². The highest BCUT2D eigenvalue weighted by atomic mass is 16.5. The number of benzene rings is 1. The highest BCUT2D eigenvalue weighted by Crippen LogP contribution is 2.48. The molecule has 0 spiro atoms. The topological polar surface area (TPSA) is 87.0 Å². The van der Waals surface area contributed by atoms with E-state index in [1.807, 2.05) is 18.2 Å². The van der Waals surface area contributed by atoms with E-state index in [0.717, 1.165) is 0 Å². The molecule has 1 unspecified atom stereocenters. The molecule has 2 N–H and O–H groups in total. The summed E-state index contributed by atoms with van der Waals surface area (Å²) >= 11 is 0. The standard InChI is InChI=1S/C17H14N4O2/c18-7-10-5-6-13(19-8-10)20-17(22)21-15-14-12-4-2-1-3-11(12)9-23-16(14)15/h1-6,8,14-16H,9H2,(H2,19,20,21,22)/t14-,15?,16-/m0/s1. The SMILES string of the molecule is N#Cc1ccc(NC(=O)NC2[C@H]3OCc4ccccc4[C@@H]23)nc1. The summed E-state index contributed by atoms with van der Waals surface area (Å²) in [5.41, 5.74) is 2.90. The summed E-state index contributed by atoms with van der Waals surface area (Å²) in [7, 11) is 0. The van der Waals surface area contributed by atoms with Crippen LogP contribution in [0, 0.1) is 11.3 Å². The highest BCUT2D eigenvalue weighted by molar-refractivity contribution is 5.89. The zero-order valence-corrected chi connectivity index (χ0v) is 12.2. The molecule has 2 amide bonds. The summed E-state index contributed by atoms with van der Waals surface area (Å²) < 4.78 is 5.78. The van der Waals surface area contributed by atoms with Gasteiger partial charge in [-0.2, -0.15) is 5.26 Å². The number of fused-ring (bicyclic) bond motifs is 3. The first kappa shape index (κ1) is 13.7. The minimum Gasteiger partial charge on any atom is -0.371 e. The van der Waals surface area contributed by atoms with Gasteiger partial charge in [0.25, 0.3) is 0 Å². The molecule has 1 aliphatic heterocycles. The van der Waals surface area contributed by atoms with Crippen molar-refractivity contribution in [3.63, 3.8) is 0 Å². The molecule has 2 aliphatic rings. The number of hydrogen-bond acceptors (Lipinski definition) is 4. The number of ether oxygens (including phenoxy) is 1. The maximum atomic E-state index is 12.1. The molecule has 1 aliphatic carbocycles. The van der Waals surface area contributed by atoms with Crippen LogP contribution in [-0.4, -0.2) is 23.2 Å². The van der Waals surface area contributed by atoms with Crippen molar-refractivity contribution in [2.75, 3.05) is 5.32 Å². The van der Waals surface area contributed by atoms with Crippen LogP contribution in [0.3, 0.4) is 0 Å². The van der Waals surface area contributed by atoms with E-state index in [2.05, 4.69) is 27.8 Å². The number of hydrogen-bond donors (Lipinski definition) is 2. The second kappa shape index (κ2) is 5.38. The second-order valence-electron chi connectivity index (χ2n) is 5.67. The fourth-order valence-electron chi connectivity index (χ4n) is 3.05. The molecule has 114 valence electrons. The van der Waals surface area contributed by atoms with E-state index in [4.69, 9.17) is 10.00 Å². The third kappa shape index (κ3) is 2.51. The first-order valence-electron chi connectivity index (χ1n) is 7.39. The van der Waals surface area contributed by atoms with Gasteiger partial charge in [-0.1, -0.05) is 24.3 Å². The molecule has 0 radical (unpaired) electrons. The largest absolute Gasteiger partial charge is 0.371 e. The molecule has 0 bridgehead atoms. The van der Waals surface area contributed by atoms with Crippen LogP contribution in [0.15, 0.2) is 42.6 Å². The van der Waals surface area contributed by atoms with Gasteiger partial charge in [0, 0.05) is 12.1 Å². The molecule has 2 aromatic rings. The quantitative estimate of drug-likeness (QED) is 0.890. The number of aromatic nitrogens is 1. The van der Waals surface area contributed by atoms with Gasteiger partial charge in [0.2, 0.25) is 0 Å². The van der Waals surface area contributed by atoms with E-state index in [9.17, 15) is 4.79 Å². The minimum absolute atomic E-state index is 0.0166. The predicted octanol–water partition coefficient (Wildman–Crippen LogP) is 2.14. The van der Waals surface area contributed by atoms with Crippen LogP contribution in [0.25, 0.3) is 0 Å². The van der Waals surface area contributed by atoms with Gasteiger partial charge >= 0.3 is 6.03 Å². The lowest BCUT2D eigenvalue weighted by atomic mass is 10.0. The normalized spacial score (nSPS) is 23.9. The monoisotopic (exact) mass is 306 g/mol. The van der Waals surface area contributed by atoms with Crippen LogP contribution < -0.4 is 10.6 Å². The molecular weight excluding hydrogens is 292 g/mol. The summed E-state index contributed by atoms with van der Waals surface area (Å²) in [6, 6.07) is 13.0. The molecule has 0 saturated heterocycles. The predicted molar refractivity (Wildman–Crippen MR) is 82.7 cm³/mol. The van der Waals surface area contributed by atoms with E-state index in [1.54, 1.807) is 12.1 Å². The zero-order valence-electron chi connectivity index (χ0n) is 12.2. The number of nitrogens with zero attached hydrogens (tertiary/aromatic N) is 2. The molecule has 1 fully saturated rings. The van der Waals surface area contributed by atoms with Crippen molar-refractivity contribution in [2.45, 2.75) is 24.7 Å². The Morgan fingerprint density at radius 2 is 2.17 bits per heavy atom. The Balaban J connectivity index is 1.40. The lowest BCUT2D eigenvalue weighted by Crippen LogP contribution is -2.33. The van der Waals surface area contributed by atoms with Crippen LogP contribution in [0.1, 0.15) is 22.6 Å². The maximum absolute atomic E-state index is 12.1. The van der Waals surface area contributed by atoms with Gasteiger partial charge < -0.3 is 10.1 Å². The smallest absolute Gasteiger partial charge is 0.320 e. The number of carbonyl (C=O) groups is 1. The lowest BCUT2D eigenvalue weighted by molar-refractivity contribution is 0.0880. The summed E-state index contributed by atoms with van der Waals surface area (Å²) in [5, 5.41) is 14.3. The Hall–Kier alpha value is -2.91. The van der Waals surface area contributed by atoms with Crippen LogP contribution in [0.5, 0.6) is 0 Å². The van der Waals surface area contributed by atoms with Crippen molar-refractivity contribution < 1.29 is 9.53 Å². The Kier molecular flexibility index (Phi) is 3.21. The summed E-state index contributed by atoms with van der Waals surface area (Å²) in [4.78, 5) is 16.1. The third-order valence-corrected chi connectivity index (χ3v) is 4.23. The number of anilines is 1. The van der Waals surface area contributed by atoms with E-state index in [1.165, 1.54) is 17.3 Å². The molecule has 1 saturated carbocycles. The molecule has 1 aromatic carbocycles. The van der Waals surface area contributed by atoms with Gasteiger partial charge in [-0.05, 0) is 23.3 Å². The van der Waals surface area contributed by atoms with Gasteiger partial charge in [0.05, 0.1) is 24.3 Å². The summed E-state index contributed by atoms with van der Waals surface area (Å²) in [6.07, 6.45) is 1.47. The van der Waals surface area contributed by atoms with Crippen LogP contribution >= 0.6 is 0 Å². The van der Waals surface area contributed by atoms with Gasteiger partial charge in [0.1, 0.15) is 11.9 Å². The van der Waals surface area contributed by atoms with Crippen LogP contribution in [0.2, 0.25) is 0 Å². The van der Waals surface area contributed by atoms with E-state index in [0.29, 0.717) is 18.0 Å². The van der Waals surface area contributed by atoms with Crippen molar-refractivity contribution in [1.82, 2.24) is 10.3 Å². The van der Waals surface area contributed by atoms with Gasteiger partial charge in [0.15, 0.2) is 0 Å². The van der Waals surface area contributed by atoms with E-state index >= 15 is 0 Å². The van der Waals surface area contributed by atoms with Crippen molar-refractivity contribution >= 4 is 11.8 Å². The fourth-order valence-corrected chi connectivity index (χ4v) is 3.05. The third-order valence-electron chi connectivity index (χ3n) is 4.23. The van der Waals surface area contributed by atoms with Gasteiger partial charge in [-0.3, -0.25) is 5.32 Å². The number of urea groups is 1. The lowest BCUT2D eigenvalue weighted by Gasteiger charge is -2.13. The summed E-state index contributed by atoms with van der Waals surface area (Å²) in [6.45, 7) is 0.592. The average molecular weight is 306 g/mol. The fraction of sp³-hybridized carbons (Fsp3) is 0.235. The van der Waals surface area contributed by atoms with E-state index in [-0.39, 0.29) is 24.1 Å². The Labute approximate surface area is 133 Å². The van der Waals surface area contributed by atoms with Gasteiger partial charge in [-0.25, -0.2) is 9.78 Å². The number of rotatable bonds is 2. The van der Waals surface area contributed by atoms with E-state index < -0.39 is 0 Å². The number of carbonyl (C=O) groups excluding carboxylic acids is 1. The maximum Gasteiger partial charge on any atom is 0.320 e. The Morgan fingerprint density at radius 1 is 1.30 bits per heavy atom. The minimum atomic E-state index is -0.317. The van der Waals surface area contributed by atoms with Crippen molar-refractivity contribution in [3.8, 4) is 6.07 Å². The molecule has 23 heavy (non-hydrogen) atoms. The number of nitrogens with one attached hydrogen (secondary N) is 2. The van der Waals surface area contributed by atoms with Crippen molar-refractivity contribution in [2.24, 2.45) is 0 Å². The van der Waals surface area contributed by atoms with Crippen molar-refractivity contribution in [3.05, 3.63) is 59.3 Å². The van der Waals surface area contributed by atoms with Crippen LogP contribution in [0.4, 0.5) is 10.6 Å². The number of amides is 2. The zero-order chi connectivity index (χ0) is 15.8. The Morgan fingerprint density at radius 3 is 2.96 bits per heavy atom. The highest BCUT2D eigenvalue weighted by Gasteiger charge is 2.55. The van der Waals surface area contributed by atoms with Crippen molar-refractivity contribution in [1.29, 1.82) is 5.26 Å². The molecule has 6 heteroatoms. The molecular formula is C17H14N4O2. The first-order valence-corrected chi connectivity index (χ1v) is 7.39. The Bertz CT molecular complexity index is 797. The average Bonchev–Trinajstić information content (AvgIpc) is 3.29. The van der Waals surface area contributed by atoms with Gasteiger partial charge in [-0.15, -0.1) is 0 Å². The first-order chi connectivity index (χ1) is 11.3. The summed E-state index contributed by atoms with van der Waals surface area (Å²) in [5.74, 6) is 0.631.